The van der Waals surface area contributed by atoms with Crippen molar-refractivity contribution in [3.05, 3.63) is 40.2 Å². The van der Waals surface area contributed by atoms with Gasteiger partial charge in [0.2, 0.25) is 5.91 Å². The number of hydrogen-bond donors (Lipinski definition) is 3. The molecular weight excluding hydrogens is 272 g/mol. The van der Waals surface area contributed by atoms with Crippen LogP contribution in [0.15, 0.2) is 33.5 Å². The number of carbonyl (C=O) groups is 1. The van der Waals surface area contributed by atoms with E-state index in [1.54, 1.807) is 18.2 Å². The van der Waals surface area contributed by atoms with Gasteiger partial charge in [0.1, 0.15) is 5.58 Å². The monoisotopic (exact) mass is 288 g/mol. The van der Waals surface area contributed by atoms with Crippen LogP contribution >= 0.6 is 0 Å². The molecule has 1 amide bonds. The highest BCUT2D eigenvalue weighted by Gasteiger charge is 2.28. The number of hydrogen-bond acceptors (Lipinski definition) is 5. The van der Waals surface area contributed by atoms with Gasteiger partial charge in [-0.15, -0.1) is 0 Å². The van der Waals surface area contributed by atoms with Gasteiger partial charge in [-0.25, -0.2) is 4.79 Å². The van der Waals surface area contributed by atoms with E-state index in [0.717, 1.165) is 10.9 Å². The molecule has 0 aliphatic carbocycles. The number of β-amino-alcohol motifs (C(OH)–C–C–N with tert-alkyl or cyclic N) is 1. The van der Waals surface area contributed by atoms with Gasteiger partial charge in [-0.3, -0.25) is 4.79 Å². The fourth-order valence-corrected chi connectivity index (χ4v) is 2.55. The first kappa shape index (κ1) is 13.8. The minimum Gasteiger partial charge on any atom is -0.423 e. The highest BCUT2D eigenvalue weighted by atomic mass is 16.4. The fourth-order valence-electron chi connectivity index (χ4n) is 2.55. The maximum absolute atomic E-state index is 12.1. The van der Waals surface area contributed by atoms with Crippen molar-refractivity contribution in [3.8, 4) is 0 Å². The molecule has 2 atom stereocenters. The van der Waals surface area contributed by atoms with E-state index in [1.165, 1.54) is 6.07 Å². The summed E-state index contributed by atoms with van der Waals surface area (Å²) in [7, 11) is 0. The largest absolute Gasteiger partial charge is 0.423 e. The zero-order valence-electron chi connectivity index (χ0n) is 11.6. The Bertz CT molecular complexity index is 753. The van der Waals surface area contributed by atoms with E-state index in [0.29, 0.717) is 24.2 Å². The minimum atomic E-state index is -0.488. The van der Waals surface area contributed by atoms with Gasteiger partial charge in [-0.1, -0.05) is 0 Å². The molecule has 2 heterocycles. The number of amides is 1. The van der Waals surface area contributed by atoms with Gasteiger partial charge in [-0.05, 0) is 31.0 Å². The average molecular weight is 288 g/mol. The molecule has 0 saturated carbocycles. The van der Waals surface area contributed by atoms with Gasteiger partial charge in [0.15, 0.2) is 0 Å². The molecular formula is C15H16N2O4. The summed E-state index contributed by atoms with van der Waals surface area (Å²) in [5.41, 5.74) is 1.42. The summed E-state index contributed by atoms with van der Waals surface area (Å²) >= 11 is 0. The molecule has 2 aromatic rings. The van der Waals surface area contributed by atoms with Gasteiger partial charge in [0.05, 0.1) is 12.1 Å². The highest BCUT2D eigenvalue weighted by Crippen LogP contribution is 2.21. The number of aliphatic hydroxyl groups is 1. The Kier molecular flexibility index (Phi) is 3.48. The van der Waals surface area contributed by atoms with Crippen LogP contribution in [0.25, 0.3) is 11.0 Å². The van der Waals surface area contributed by atoms with Gasteiger partial charge >= 0.3 is 5.63 Å². The van der Waals surface area contributed by atoms with E-state index >= 15 is 0 Å². The van der Waals surface area contributed by atoms with Crippen LogP contribution in [0.5, 0.6) is 0 Å². The van der Waals surface area contributed by atoms with Crippen LogP contribution in [-0.4, -0.2) is 29.7 Å². The van der Waals surface area contributed by atoms with Crippen molar-refractivity contribution in [3.63, 3.8) is 0 Å². The lowest BCUT2D eigenvalue weighted by molar-refractivity contribution is -0.117. The van der Waals surface area contributed by atoms with Crippen molar-refractivity contribution >= 4 is 22.6 Å². The van der Waals surface area contributed by atoms with Crippen molar-refractivity contribution in [2.45, 2.75) is 25.5 Å². The topological polar surface area (TPSA) is 91.6 Å². The maximum Gasteiger partial charge on any atom is 0.336 e. The number of aliphatic hydroxyl groups excluding tert-OH is 1. The Morgan fingerprint density at radius 2 is 2.24 bits per heavy atom. The zero-order valence-corrected chi connectivity index (χ0v) is 11.6. The van der Waals surface area contributed by atoms with Crippen molar-refractivity contribution in [1.29, 1.82) is 0 Å². The predicted octanol–water partition coefficient (Wildman–Crippen LogP) is 0.763. The smallest absolute Gasteiger partial charge is 0.336 e. The van der Waals surface area contributed by atoms with Crippen molar-refractivity contribution in [2.75, 3.05) is 11.9 Å². The number of aryl methyl sites for hydroxylation is 1. The standard InChI is InChI=1S/C15H16N2O4/c1-8-4-14(19)21-13-5-9(2-3-11(8)13)17-15(20)12-6-10(18)7-16-12/h2-5,10,12,16,18H,6-7H2,1H3,(H,17,20). The van der Waals surface area contributed by atoms with E-state index in [1.807, 2.05) is 6.92 Å². The zero-order chi connectivity index (χ0) is 15.0. The summed E-state index contributed by atoms with van der Waals surface area (Å²) in [6.07, 6.45) is -0.0915. The van der Waals surface area contributed by atoms with E-state index in [2.05, 4.69) is 10.6 Å². The molecule has 1 aliphatic heterocycles. The first-order chi connectivity index (χ1) is 10.0. The first-order valence-corrected chi connectivity index (χ1v) is 6.80. The van der Waals surface area contributed by atoms with Gasteiger partial charge in [0.25, 0.3) is 0 Å². The van der Waals surface area contributed by atoms with Gasteiger partial charge in [-0.2, -0.15) is 0 Å². The van der Waals surface area contributed by atoms with Crippen LogP contribution in [0.1, 0.15) is 12.0 Å². The third-order valence-corrected chi connectivity index (χ3v) is 3.64. The lowest BCUT2D eigenvalue weighted by Gasteiger charge is -2.11. The second kappa shape index (κ2) is 5.31. The molecule has 1 aliphatic rings. The quantitative estimate of drug-likeness (QED) is 0.710. The molecule has 6 nitrogen and oxygen atoms in total. The number of nitrogens with one attached hydrogen (secondary N) is 2. The third kappa shape index (κ3) is 2.81. The molecule has 3 rings (SSSR count). The van der Waals surface area contributed by atoms with Crippen LogP contribution in [0.4, 0.5) is 5.69 Å². The van der Waals surface area contributed by atoms with Gasteiger partial charge in [0, 0.05) is 29.8 Å². The fraction of sp³-hybridized carbons (Fsp3) is 0.333. The average Bonchev–Trinajstić information content (AvgIpc) is 2.85. The molecule has 21 heavy (non-hydrogen) atoms. The Labute approximate surface area is 120 Å². The van der Waals surface area contributed by atoms with Crippen molar-refractivity contribution in [2.24, 2.45) is 0 Å². The second-order valence-corrected chi connectivity index (χ2v) is 5.30. The molecule has 0 spiro atoms. The van der Waals surface area contributed by atoms with E-state index in [4.69, 9.17) is 4.42 Å². The Balaban J connectivity index is 1.84. The third-order valence-electron chi connectivity index (χ3n) is 3.64. The Hall–Kier alpha value is -2.18. The maximum atomic E-state index is 12.1. The second-order valence-electron chi connectivity index (χ2n) is 5.30. The number of benzene rings is 1. The Morgan fingerprint density at radius 3 is 2.95 bits per heavy atom. The van der Waals surface area contributed by atoms with Crippen molar-refractivity contribution in [1.82, 2.24) is 5.32 Å². The molecule has 0 bridgehead atoms. The molecule has 3 N–H and O–H groups in total. The molecule has 1 aromatic carbocycles. The molecule has 1 aromatic heterocycles. The highest BCUT2D eigenvalue weighted by molar-refractivity contribution is 5.97. The molecule has 1 fully saturated rings. The summed E-state index contributed by atoms with van der Waals surface area (Å²) in [5, 5.41) is 16.0. The van der Waals surface area contributed by atoms with Crippen molar-refractivity contribution < 1.29 is 14.3 Å². The van der Waals surface area contributed by atoms with E-state index < -0.39 is 17.8 Å². The molecule has 2 unspecified atom stereocenters. The number of carbonyl (C=O) groups excluding carboxylic acids is 1. The Morgan fingerprint density at radius 1 is 1.43 bits per heavy atom. The summed E-state index contributed by atoms with van der Waals surface area (Å²) in [5.74, 6) is -0.207. The van der Waals surface area contributed by atoms with Gasteiger partial charge < -0.3 is 20.2 Å². The summed E-state index contributed by atoms with van der Waals surface area (Å²) in [6, 6.07) is 6.23. The van der Waals surface area contributed by atoms with Crippen LogP contribution < -0.4 is 16.3 Å². The van der Waals surface area contributed by atoms with Crippen LogP contribution in [0.2, 0.25) is 0 Å². The van der Waals surface area contributed by atoms with Crippen LogP contribution in [-0.2, 0) is 4.79 Å². The summed E-state index contributed by atoms with van der Waals surface area (Å²) in [4.78, 5) is 23.4. The predicted molar refractivity (Wildman–Crippen MR) is 78.3 cm³/mol. The van der Waals surface area contributed by atoms with Crippen LogP contribution in [0.3, 0.4) is 0 Å². The molecule has 6 heteroatoms. The summed E-state index contributed by atoms with van der Waals surface area (Å²) < 4.78 is 5.14. The number of anilines is 1. The molecule has 1 saturated heterocycles. The first-order valence-electron chi connectivity index (χ1n) is 6.80. The lowest BCUT2D eigenvalue weighted by Crippen LogP contribution is -2.35. The molecule has 0 radical (unpaired) electrons. The lowest BCUT2D eigenvalue weighted by atomic mass is 10.1. The summed E-state index contributed by atoms with van der Waals surface area (Å²) in [6.45, 7) is 2.26. The minimum absolute atomic E-state index is 0.207. The number of fused-ring (bicyclic) bond motifs is 1. The van der Waals surface area contributed by atoms with Crippen LogP contribution in [0, 0.1) is 6.92 Å². The van der Waals surface area contributed by atoms with E-state index in [-0.39, 0.29) is 5.91 Å². The van der Waals surface area contributed by atoms with E-state index in [9.17, 15) is 14.7 Å². The normalized spacial score (nSPS) is 21.6. The SMILES string of the molecule is Cc1cc(=O)oc2cc(NC(=O)C3CC(O)CN3)ccc12. The number of rotatable bonds is 2. The molecule has 110 valence electrons.